The highest BCUT2D eigenvalue weighted by Crippen LogP contribution is 2.32. The normalized spacial score (nSPS) is 23.6. The Morgan fingerprint density at radius 2 is 2.04 bits per heavy atom. The minimum atomic E-state index is -1.32. The summed E-state index contributed by atoms with van der Waals surface area (Å²) >= 11 is 7.87. The zero-order valence-corrected chi connectivity index (χ0v) is 17.4. The molecule has 3 saturated heterocycles. The molecule has 3 heterocycles. The predicted molar refractivity (Wildman–Crippen MR) is 108 cm³/mol. The van der Waals surface area contributed by atoms with E-state index in [1.54, 1.807) is 17.8 Å². The van der Waals surface area contributed by atoms with Crippen molar-refractivity contribution in [1.82, 2.24) is 9.80 Å². The zero-order valence-electron chi connectivity index (χ0n) is 14.9. The average molecular weight is 416 g/mol. The van der Waals surface area contributed by atoms with Crippen LogP contribution in [0.2, 0.25) is 0 Å². The smallest absolute Gasteiger partial charge is 0.266 e. The molecule has 144 valence electrons. The first-order valence-corrected chi connectivity index (χ1v) is 11.1. The van der Waals surface area contributed by atoms with Gasteiger partial charge in [0, 0.05) is 18.8 Å². The SMILES string of the molecule is C1CC[NH2+]CC1.CCN1CCS/C1=C\C=C1\SC(=S)N(CC(=O)[O-])C1=O. The molecule has 0 radical (unpaired) electrons. The van der Waals surface area contributed by atoms with E-state index in [9.17, 15) is 14.7 Å². The van der Waals surface area contributed by atoms with Crippen molar-refractivity contribution in [2.75, 3.05) is 38.5 Å². The van der Waals surface area contributed by atoms with Gasteiger partial charge in [-0.15, -0.1) is 11.8 Å². The number of hydrogen-bond donors (Lipinski definition) is 1. The van der Waals surface area contributed by atoms with Gasteiger partial charge in [-0.1, -0.05) is 24.0 Å². The summed E-state index contributed by atoms with van der Waals surface area (Å²) in [5, 5.41) is 14.1. The highest BCUT2D eigenvalue weighted by molar-refractivity contribution is 8.26. The van der Waals surface area contributed by atoms with Gasteiger partial charge in [0.1, 0.15) is 4.32 Å². The topological polar surface area (TPSA) is 80.3 Å². The van der Waals surface area contributed by atoms with Crippen molar-refractivity contribution < 1.29 is 20.0 Å². The number of thioether (sulfide) groups is 2. The number of carbonyl (C=O) groups excluding carboxylic acids is 2. The van der Waals surface area contributed by atoms with E-state index in [1.807, 2.05) is 6.08 Å². The monoisotopic (exact) mass is 415 g/mol. The third-order valence-corrected chi connectivity index (χ3v) is 6.63. The first kappa shape index (κ1) is 21.3. The van der Waals surface area contributed by atoms with Crippen LogP contribution in [0.5, 0.6) is 0 Å². The predicted octanol–water partition coefficient (Wildman–Crippen LogP) is 0.124. The van der Waals surface area contributed by atoms with E-state index in [0.29, 0.717) is 4.91 Å². The van der Waals surface area contributed by atoms with E-state index in [-0.39, 0.29) is 10.2 Å². The summed E-state index contributed by atoms with van der Waals surface area (Å²) in [6.07, 6.45) is 7.97. The molecule has 0 aromatic heterocycles. The number of amides is 1. The van der Waals surface area contributed by atoms with E-state index in [2.05, 4.69) is 17.1 Å². The molecule has 0 bridgehead atoms. The number of nitrogens with two attached hydrogens (primary N) is 1. The van der Waals surface area contributed by atoms with Crippen LogP contribution >= 0.6 is 35.7 Å². The Balaban J connectivity index is 0.000000342. The third kappa shape index (κ3) is 6.29. The number of hydrogen-bond acceptors (Lipinski definition) is 7. The van der Waals surface area contributed by atoms with Gasteiger partial charge in [-0.2, -0.15) is 0 Å². The van der Waals surface area contributed by atoms with Crippen molar-refractivity contribution in [2.24, 2.45) is 0 Å². The Bertz CT molecular complexity index is 592. The Morgan fingerprint density at radius 1 is 1.31 bits per heavy atom. The van der Waals surface area contributed by atoms with E-state index in [0.717, 1.165) is 40.5 Å². The van der Waals surface area contributed by atoms with Crippen LogP contribution in [0.3, 0.4) is 0 Å². The number of piperidine rings is 1. The Hall–Kier alpha value is -1.03. The van der Waals surface area contributed by atoms with E-state index < -0.39 is 12.5 Å². The zero-order chi connectivity index (χ0) is 18.9. The number of nitrogens with zero attached hydrogens (tertiary/aromatic N) is 2. The second kappa shape index (κ2) is 11.0. The van der Waals surface area contributed by atoms with Crippen LogP contribution in [-0.4, -0.2) is 64.5 Å². The van der Waals surface area contributed by atoms with E-state index in [4.69, 9.17) is 12.2 Å². The molecule has 0 aliphatic carbocycles. The molecule has 0 spiro atoms. The van der Waals surface area contributed by atoms with Crippen LogP contribution in [0.4, 0.5) is 0 Å². The molecule has 26 heavy (non-hydrogen) atoms. The van der Waals surface area contributed by atoms with Crippen LogP contribution in [0.1, 0.15) is 26.2 Å². The first-order chi connectivity index (χ1) is 12.5. The van der Waals surface area contributed by atoms with E-state index >= 15 is 0 Å². The summed E-state index contributed by atoms with van der Waals surface area (Å²) in [4.78, 5) is 26.3. The van der Waals surface area contributed by atoms with Gasteiger partial charge < -0.3 is 20.1 Å². The fraction of sp³-hybridized carbons (Fsp3) is 0.588. The number of carboxylic acids is 1. The molecule has 0 aromatic rings. The molecule has 0 atom stereocenters. The number of rotatable bonds is 4. The van der Waals surface area contributed by atoms with E-state index in [1.165, 1.54) is 32.4 Å². The number of quaternary nitrogens is 1. The number of carbonyl (C=O) groups is 2. The lowest BCUT2D eigenvalue weighted by Crippen LogP contribution is -2.85. The average Bonchev–Trinajstić information content (AvgIpc) is 3.21. The number of allylic oxidation sites excluding steroid dienone is 2. The minimum Gasteiger partial charge on any atom is -0.548 e. The Kier molecular flexibility index (Phi) is 8.97. The van der Waals surface area contributed by atoms with Crippen molar-refractivity contribution in [3.05, 3.63) is 22.1 Å². The number of aliphatic carboxylic acids is 1. The fourth-order valence-corrected chi connectivity index (χ4v) is 5.04. The maximum absolute atomic E-state index is 12.0. The van der Waals surface area contributed by atoms with Crippen molar-refractivity contribution >= 4 is 51.9 Å². The summed E-state index contributed by atoms with van der Waals surface area (Å²) in [5.74, 6) is -0.643. The minimum absolute atomic E-state index is 0.260. The molecule has 6 nitrogen and oxygen atoms in total. The summed E-state index contributed by atoms with van der Waals surface area (Å²) in [5.41, 5.74) is 0. The molecule has 0 unspecified atom stereocenters. The molecular formula is C17H25N3O3S3. The standard InChI is InChI=1S/C12H14N2O3S3.C5H11N/c1-2-13-5-6-19-9(13)4-3-8-11(17)14(7-10(15)16)12(18)20-8;1-2-4-6-5-3-1/h3-4H,2,5-7H2,1H3,(H,15,16);6H,1-5H2/b8-3+,9-4-;. The highest BCUT2D eigenvalue weighted by Gasteiger charge is 2.31. The van der Waals surface area contributed by atoms with Crippen LogP contribution < -0.4 is 10.4 Å². The van der Waals surface area contributed by atoms with Gasteiger partial charge in [-0.05, 0) is 38.3 Å². The second-order valence-corrected chi connectivity index (χ2v) is 8.81. The molecule has 3 aliphatic rings. The lowest BCUT2D eigenvalue weighted by atomic mass is 10.2. The summed E-state index contributed by atoms with van der Waals surface area (Å²) in [6.45, 7) is 6.28. The van der Waals surface area contributed by atoms with Gasteiger partial charge in [0.2, 0.25) is 0 Å². The van der Waals surface area contributed by atoms with Crippen molar-refractivity contribution in [2.45, 2.75) is 26.2 Å². The molecule has 3 fully saturated rings. The molecule has 0 saturated carbocycles. The summed E-state index contributed by atoms with van der Waals surface area (Å²) < 4.78 is 0.260. The lowest BCUT2D eigenvalue weighted by Gasteiger charge is -2.15. The van der Waals surface area contributed by atoms with Crippen LogP contribution in [-0.2, 0) is 9.59 Å². The van der Waals surface area contributed by atoms with Gasteiger partial charge in [0.15, 0.2) is 0 Å². The van der Waals surface area contributed by atoms with Crippen molar-refractivity contribution in [3.63, 3.8) is 0 Å². The number of thiocarbonyl (C=S) groups is 1. The van der Waals surface area contributed by atoms with Gasteiger partial charge in [-0.3, -0.25) is 9.69 Å². The van der Waals surface area contributed by atoms with Gasteiger partial charge in [-0.25, -0.2) is 0 Å². The van der Waals surface area contributed by atoms with Crippen LogP contribution in [0, 0.1) is 0 Å². The Labute approximate surface area is 168 Å². The third-order valence-electron chi connectivity index (χ3n) is 4.16. The second-order valence-electron chi connectivity index (χ2n) is 6.02. The molecular weight excluding hydrogens is 390 g/mol. The molecule has 2 N–H and O–H groups in total. The Morgan fingerprint density at radius 3 is 2.58 bits per heavy atom. The molecule has 0 aromatic carbocycles. The van der Waals surface area contributed by atoms with Crippen molar-refractivity contribution in [1.29, 1.82) is 0 Å². The fourth-order valence-electron chi connectivity index (χ4n) is 2.75. The molecule has 3 rings (SSSR count). The van der Waals surface area contributed by atoms with Crippen molar-refractivity contribution in [3.8, 4) is 0 Å². The van der Waals surface area contributed by atoms with Gasteiger partial charge in [0.25, 0.3) is 5.91 Å². The molecule has 1 amide bonds. The largest absolute Gasteiger partial charge is 0.548 e. The maximum atomic E-state index is 12.0. The first-order valence-electron chi connectivity index (χ1n) is 8.87. The highest BCUT2D eigenvalue weighted by atomic mass is 32.2. The van der Waals surface area contributed by atoms with Gasteiger partial charge >= 0.3 is 0 Å². The number of carboxylic acid groups (broad SMARTS) is 1. The molecule has 3 aliphatic heterocycles. The van der Waals surface area contributed by atoms with Crippen LogP contribution in [0.25, 0.3) is 0 Å². The summed E-state index contributed by atoms with van der Waals surface area (Å²) in [7, 11) is 0. The van der Waals surface area contributed by atoms with Gasteiger partial charge in [0.05, 0.1) is 35.5 Å². The summed E-state index contributed by atoms with van der Waals surface area (Å²) in [6, 6.07) is 0. The van der Waals surface area contributed by atoms with Crippen LogP contribution in [0.15, 0.2) is 22.1 Å². The lowest BCUT2D eigenvalue weighted by molar-refractivity contribution is -0.662. The quantitative estimate of drug-likeness (QED) is 0.516. The molecule has 9 heteroatoms. The maximum Gasteiger partial charge on any atom is 0.266 e.